The van der Waals surface area contributed by atoms with Gasteiger partial charge in [0, 0.05) is 25.3 Å². The smallest absolute Gasteiger partial charge is 0.242 e. The van der Waals surface area contributed by atoms with Gasteiger partial charge in [-0.25, -0.2) is 8.42 Å². The number of thioether (sulfide) groups is 1. The normalized spacial score (nSPS) is 21.0. The van der Waals surface area contributed by atoms with Crippen molar-refractivity contribution in [3.05, 3.63) is 0 Å². The van der Waals surface area contributed by atoms with Crippen molar-refractivity contribution in [3.8, 4) is 0 Å². The molecule has 0 spiro atoms. The molecule has 2 amide bonds. The molecule has 0 saturated carbocycles. The number of amides is 2. The highest BCUT2D eigenvalue weighted by molar-refractivity contribution is 8.01. The summed E-state index contributed by atoms with van der Waals surface area (Å²) in [5.74, 6) is -0.824. The second kappa shape index (κ2) is 9.71. The third kappa shape index (κ3) is 8.11. The molecular weight excluding hydrogens is 397 g/mol. The fourth-order valence-corrected chi connectivity index (χ4v) is 8.22. The highest BCUT2D eigenvalue weighted by atomic mass is 32.2. The van der Waals surface area contributed by atoms with Gasteiger partial charge in [-0.1, -0.05) is 27.7 Å². The molecule has 152 valence electrons. The summed E-state index contributed by atoms with van der Waals surface area (Å²) in [4.78, 5) is 35.4. The van der Waals surface area contributed by atoms with Crippen LogP contribution in [0.2, 0.25) is 0 Å². The third-order valence-corrected chi connectivity index (χ3v) is 9.35. The van der Waals surface area contributed by atoms with E-state index < -0.39 is 17.2 Å². The molecule has 1 fully saturated rings. The molecule has 1 aliphatic heterocycles. The first-order valence-electron chi connectivity index (χ1n) is 8.84. The van der Waals surface area contributed by atoms with Crippen molar-refractivity contribution in [2.45, 2.75) is 51.0 Å². The van der Waals surface area contributed by atoms with E-state index in [0.717, 1.165) is 4.90 Å². The highest BCUT2D eigenvalue weighted by Gasteiger charge is 2.39. The molecule has 7 nitrogen and oxygen atoms in total. The Bertz CT molecular complexity index is 662. The lowest BCUT2D eigenvalue weighted by molar-refractivity contribution is -0.138. The largest absolute Gasteiger partial charge is 0.344 e. The Morgan fingerprint density at radius 1 is 1.23 bits per heavy atom. The number of imide groups is 1. The Labute approximate surface area is 160 Å². The van der Waals surface area contributed by atoms with E-state index in [-0.39, 0.29) is 71.4 Å². The number of hydrogen-bond acceptors (Lipinski definition) is 6. The van der Waals surface area contributed by atoms with Gasteiger partial charge in [0.2, 0.25) is 19.2 Å². The van der Waals surface area contributed by atoms with Crippen molar-refractivity contribution in [2.24, 2.45) is 5.92 Å². The van der Waals surface area contributed by atoms with Crippen molar-refractivity contribution in [1.82, 2.24) is 4.90 Å². The van der Waals surface area contributed by atoms with Gasteiger partial charge in [-0.05, 0) is 17.6 Å². The minimum absolute atomic E-state index is 0.00130. The minimum Gasteiger partial charge on any atom is -0.344 e. The summed E-state index contributed by atoms with van der Waals surface area (Å²) in [6.45, 7) is 7.59. The van der Waals surface area contributed by atoms with Gasteiger partial charge in [0.1, 0.15) is 0 Å². The zero-order valence-electron chi connectivity index (χ0n) is 15.9. The van der Waals surface area contributed by atoms with Gasteiger partial charge >= 0.3 is 0 Å². The monoisotopic (exact) mass is 427 g/mol. The second-order valence-electron chi connectivity index (χ2n) is 7.42. The first-order valence-corrected chi connectivity index (χ1v) is 13.6. The lowest BCUT2D eigenvalue weighted by Gasteiger charge is -2.17. The van der Waals surface area contributed by atoms with Crippen molar-refractivity contribution in [2.75, 3.05) is 30.4 Å². The van der Waals surface area contributed by atoms with E-state index in [2.05, 4.69) is 0 Å². The summed E-state index contributed by atoms with van der Waals surface area (Å²) < 4.78 is 35.9. The zero-order chi connectivity index (χ0) is 20.1. The van der Waals surface area contributed by atoms with E-state index in [1.54, 1.807) is 13.8 Å². The van der Waals surface area contributed by atoms with Gasteiger partial charge in [0.05, 0.1) is 16.8 Å². The van der Waals surface area contributed by atoms with Gasteiger partial charge in [0.15, 0.2) is 9.84 Å². The standard InChI is InChI=1S/C16H30NO6PS2/c1-12(2)11-26(22,23)9-8-24(20,21)7-5-6-17-15(18)10-14(16(17)19)25-13(3)4/h12-14H,5-11H2,1-4H3,(H,20,21). The molecule has 0 aromatic carbocycles. The first-order chi connectivity index (χ1) is 11.8. The van der Waals surface area contributed by atoms with Crippen LogP contribution in [-0.4, -0.2) is 70.9 Å². The van der Waals surface area contributed by atoms with Crippen molar-refractivity contribution in [1.29, 1.82) is 0 Å². The molecule has 1 saturated heterocycles. The van der Waals surface area contributed by atoms with Crippen molar-refractivity contribution >= 4 is 40.8 Å². The molecule has 1 rings (SSSR count). The molecule has 1 heterocycles. The van der Waals surface area contributed by atoms with Crippen LogP contribution in [0, 0.1) is 5.92 Å². The van der Waals surface area contributed by atoms with Crippen LogP contribution in [-0.2, 0) is 24.0 Å². The summed E-state index contributed by atoms with van der Waals surface area (Å²) in [5.41, 5.74) is 0. The summed E-state index contributed by atoms with van der Waals surface area (Å²) in [6.07, 6.45) is -0.000512. The SMILES string of the molecule is CC(C)CS(=O)(=O)CCP(=O)(O)CCCN1C(=O)CC(SC(C)C)C1=O. The highest BCUT2D eigenvalue weighted by Crippen LogP contribution is 2.41. The molecule has 0 radical (unpaired) electrons. The van der Waals surface area contributed by atoms with E-state index in [1.165, 1.54) is 11.8 Å². The van der Waals surface area contributed by atoms with E-state index in [4.69, 9.17) is 0 Å². The van der Waals surface area contributed by atoms with Crippen LogP contribution in [0.25, 0.3) is 0 Å². The van der Waals surface area contributed by atoms with Gasteiger partial charge in [-0.15, -0.1) is 11.8 Å². The van der Waals surface area contributed by atoms with Crippen LogP contribution >= 0.6 is 19.1 Å². The number of rotatable bonds is 11. The molecule has 2 atom stereocenters. The average Bonchev–Trinajstić information content (AvgIpc) is 2.71. The van der Waals surface area contributed by atoms with E-state index >= 15 is 0 Å². The quantitative estimate of drug-likeness (QED) is 0.397. The Morgan fingerprint density at radius 3 is 2.38 bits per heavy atom. The zero-order valence-corrected chi connectivity index (χ0v) is 18.4. The summed E-state index contributed by atoms with van der Waals surface area (Å²) >= 11 is 1.45. The van der Waals surface area contributed by atoms with Crippen molar-refractivity contribution < 1.29 is 27.5 Å². The summed E-state index contributed by atoms with van der Waals surface area (Å²) in [7, 11) is -6.94. The fraction of sp³-hybridized carbons (Fsp3) is 0.875. The third-order valence-electron chi connectivity index (χ3n) is 3.87. The Kier molecular flexibility index (Phi) is 8.84. The number of carbonyl (C=O) groups is 2. The maximum Gasteiger partial charge on any atom is 0.242 e. The molecule has 0 bridgehead atoms. The molecule has 1 N–H and O–H groups in total. The van der Waals surface area contributed by atoms with Crippen LogP contribution in [0.4, 0.5) is 0 Å². The van der Waals surface area contributed by atoms with E-state index in [0.29, 0.717) is 0 Å². The number of carbonyl (C=O) groups excluding carboxylic acids is 2. The lowest BCUT2D eigenvalue weighted by atomic mass is 10.3. The van der Waals surface area contributed by atoms with Gasteiger partial charge in [-0.2, -0.15) is 0 Å². The molecule has 26 heavy (non-hydrogen) atoms. The topological polar surface area (TPSA) is 109 Å². The van der Waals surface area contributed by atoms with Gasteiger partial charge in [0.25, 0.3) is 0 Å². The molecule has 1 aliphatic rings. The molecule has 0 aromatic heterocycles. The number of hydrogen-bond donors (Lipinski definition) is 1. The Hall–Kier alpha value is -0.370. The first kappa shape index (κ1) is 23.7. The minimum atomic E-state index is -3.60. The van der Waals surface area contributed by atoms with Crippen LogP contribution in [0.3, 0.4) is 0 Å². The molecular formula is C16H30NO6PS2. The molecule has 2 unspecified atom stereocenters. The van der Waals surface area contributed by atoms with Crippen LogP contribution in [0.15, 0.2) is 0 Å². The fourth-order valence-electron chi connectivity index (χ4n) is 2.78. The molecule has 0 aliphatic carbocycles. The second-order valence-corrected chi connectivity index (χ2v) is 14.0. The predicted molar refractivity (Wildman–Crippen MR) is 106 cm³/mol. The maximum atomic E-state index is 12.2. The average molecular weight is 428 g/mol. The number of likely N-dealkylation sites (tertiary alicyclic amines) is 1. The van der Waals surface area contributed by atoms with Gasteiger partial charge < -0.3 is 4.89 Å². The molecule has 10 heteroatoms. The number of nitrogens with zero attached hydrogens (tertiary/aromatic N) is 1. The van der Waals surface area contributed by atoms with E-state index in [1.807, 2.05) is 13.8 Å². The van der Waals surface area contributed by atoms with Crippen LogP contribution in [0.1, 0.15) is 40.5 Å². The van der Waals surface area contributed by atoms with E-state index in [9.17, 15) is 27.5 Å². The summed E-state index contributed by atoms with van der Waals surface area (Å²) in [5, 5.41) is -0.133. The Balaban J connectivity index is 2.47. The Morgan fingerprint density at radius 2 is 1.85 bits per heavy atom. The number of sulfone groups is 1. The van der Waals surface area contributed by atoms with Crippen molar-refractivity contribution in [3.63, 3.8) is 0 Å². The van der Waals surface area contributed by atoms with Gasteiger partial charge in [-0.3, -0.25) is 19.1 Å². The molecule has 0 aromatic rings. The summed E-state index contributed by atoms with van der Waals surface area (Å²) in [6, 6.07) is 0. The van der Waals surface area contributed by atoms with Crippen LogP contribution < -0.4 is 0 Å². The predicted octanol–water partition coefficient (Wildman–Crippen LogP) is 1.99. The maximum absolute atomic E-state index is 12.2. The lowest BCUT2D eigenvalue weighted by Crippen LogP contribution is -2.33. The van der Waals surface area contributed by atoms with Crippen LogP contribution in [0.5, 0.6) is 0 Å².